The molecule has 0 heterocycles. The van der Waals surface area contributed by atoms with Gasteiger partial charge in [0, 0.05) is 25.9 Å². The van der Waals surface area contributed by atoms with E-state index in [9.17, 15) is 28.6 Å². The van der Waals surface area contributed by atoms with Gasteiger partial charge in [0.1, 0.15) is 13.2 Å². The van der Waals surface area contributed by atoms with E-state index in [1.165, 1.54) is 89.9 Å². The third-order valence-electron chi connectivity index (χ3n) is 10.4. The Morgan fingerprint density at radius 2 is 0.738 bits per heavy atom. The van der Waals surface area contributed by atoms with E-state index in [1.807, 2.05) is 13.8 Å². The number of hydrogen-bond acceptors (Lipinski definition) is 13. The molecule has 65 heavy (non-hydrogen) atoms. The second-order valence-electron chi connectivity index (χ2n) is 17.9. The number of phosphoric ester groups is 1. The number of phosphoric acid groups is 1. The molecule has 388 valence electrons. The van der Waals surface area contributed by atoms with Crippen molar-refractivity contribution in [3.63, 3.8) is 0 Å². The number of esters is 4. The van der Waals surface area contributed by atoms with Gasteiger partial charge in [-0.15, -0.1) is 24.8 Å². The average molecular weight is 994 g/mol. The molecule has 0 rings (SSSR count). The van der Waals surface area contributed by atoms with Crippen molar-refractivity contribution in [2.24, 2.45) is 11.8 Å². The van der Waals surface area contributed by atoms with Crippen LogP contribution in [0.3, 0.4) is 0 Å². The van der Waals surface area contributed by atoms with Crippen molar-refractivity contribution in [2.45, 2.75) is 221 Å². The lowest BCUT2D eigenvalue weighted by molar-refractivity contribution is -0.162. The largest absolute Gasteiger partial charge is 0.472 e. The van der Waals surface area contributed by atoms with Crippen molar-refractivity contribution < 1.29 is 56.6 Å². The summed E-state index contributed by atoms with van der Waals surface area (Å²) < 4.78 is 45.3. The van der Waals surface area contributed by atoms with Crippen LogP contribution < -0.4 is 10.6 Å². The van der Waals surface area contributed by atoms with Crippen LogP contribution in [0, 0.1) is 11.8 Å². The Morgan fingerprint density at radius 3 is 1.09 bits per heavy atom. The topological polar surface area (TPSA) is 185 Å². The number of halogens is 2. The van der Waals surface area contributed by atoms with Crippen molar-refractivity contribution in [2.75, 3.05) is 52.6 Å². The van der Waals surface area contributed by atoms with Gasteiger partial charge in [0.05, 0.1) is 26.1 Å². The van der Waals surface area contributed by atoms with Gasteiger partial charge >= 0.3 is 31.7 Å². The monoisotopic (exact) mass is 993 g/mol. The molecule has 0 aromatic carbocycles. The number of carbonyl (C=O) groups excluding carboxylic acids is 4. The van der Waals surface area contributed by atoms with E-state index in [4.69, 9.17) is 28.0 Å². The second kappa shape index (κ2) is 47.6. The van der Waals surface area contributed by atoms with E-state index in [1.54, 1.807) is 0 Å². The van der Waals surface area contributed by atoms with E-state index >= 15 is 0 Å². The van der Waals surface area contributed by atoms with Crippen molar-refractivity contribution in [1.82, 2.24) is 10.6 Å². The molecule has 3 N–H and O–H groups in total. The summed E-state index contributed by atoms with van der Waals surface area (Å²) in [6.45, 7) is 12.9. The summed E-state index contributed by atoms with van der Waals surface area (Å²) in [6.07, 6.45) is 23.3. The quantitative estimate of drug-likeness (QED) is 0.0226. The van der Waals surface area contributed by atoms with E-state index in [0.29, 0.717) is 44.3 Å². The van der Waals surface area contributed by atoms with Crippen LogP contribution in [0.5, 0.6) is 0 Å². The Hall–Kier alpha value is -1.51. The summed E-state index contributed by atoms with van der Waals surface area (Å²) >= 11 is 0. The normalized spacial score (nSPS) is 13.1. The summed E-state index contributed by atoms with van der Waals surface area (Å²) in [7, 11) is -4.83. The summed E-state index contributed by atoms with van der Waals surface area (Å²) in [5.74, 6) is -1.32. The Labute approximate surface area is 407 Å². The van der Waals surface area contributed by atoms with Gasteiger partial charge in [0.2, 0.25) is 0 Å². The highest BCUT2D eigenvalue weighted by atomic mass is 35.5. The smallest absolute Gasteiger partial charge is 0.462 e. The average Bonchev–Trinajstić information content (AvgIpc) is 3.24. The SMILES string of the molecule is CCCCCCCCCCCCCC(=O)OC[C@H](COP(=O)(O)OCC(COC(=O)CCNCC(C)C)OC(=O)CCNCC(C)C)OC(=O)CCCCCCCCCCCCC.Cl.Cl. The lowest BCUT2D eigenvalue weighted by Gasteiger charge is -2.22. The standard InChI is InChI=1S/C48H93N2O12P.2ClH/c1-7-9-11-13-15-17-19-21-23-25-27-29-45(51)57-37-43(61-47(53)30-28-26-24-22-20-18-16-14-12-10-8-2)39-59-63(55,56)60-40-44(62-48(54)32-34-50-36-42(5)6)38-58-46(52)31-33-49-35-41(3)4;;/h41-44,49-50H,7-40H2,1-6H3,(H,55,56);2*1H/t43-,44?;;/m1../s1. The van der Waals surface area contributed by atoms with Crippen molar-refractivity contribution in [3.8, 4) is 0 Å². The lowest BCUT2D eigenvalue weighted by Crippen LogP contribution is -2.32. The van der Waals surface area contributed by atoms with Crippen molar-refractivity contribution >= 4 is 56.5 Å². The summed E-state index contributed by atoms with van der Waals surface area (Å²) in [6, 6.07) is 0. The van der Waals surface area contributed by atoms with Crippen molar-refractivity contribution in [1.29, 1.82) is 0 Å². The molecule has 0 aromatic heterocycles. The summed E-state index contributed by atoms with van der Waals surface area (Å²) in [5.41, 5.74) is 0. The van der Waals surface area contributed by atoms with Crippen LogP contribution >= 0.6 is 32.6 Å². The number of hydrogen-bond donors (Lipinski definition) is 3. The van der Waals surface area contributed by atoms with Gasteiger partial charge in [0.15, 0.2) is 12.2 Å². The molecule has 0 radical (unpaired) electrons. The molecule has 0 bridgehead atoms. The van der Waals surface area contributed by atoms with Crippen LogP contribution in [0.4, 0.5) is 0 Å². The molecule has 0 aliphatic carbocycles. The number of carbonyl (C=O) groups is 4. The minimum Gasteiger partial charge on any atom is -0.462 e. The Balaban J connectivity index is -0.0000192. The molecule has 14 nitrogen and oxygen atoms in total. The molecule has 3 atom stereocenters. The van der Waals surface area contributed by atoms with Gasteiger partial charge in [0.25, 0.3) is 0 Å². The van der Waals surface area contributed by atoms with Gasteiger partial charge in [-0.25, -0.2) is 4.57 Å². The lowest BCUT2D eigenvalue weighted by atomic mass is 10.1. The van der Waals surface area contributed by atoms with Crippen LogP contribution in [0.15, 0.2) is 0 Å². The van der Waals surface area contributed by atoms with E-state index < -0.39 is 63.7 Å². The maximum Gasteiger partial charge on any atom is 0.472 e. The predicted molar refractivity (Wildman–Crippen MR) is 265 cm³/mol. The van der Waals surface area contributed by atoms with E-state index in [0.717, 1.165) is 45.1 Å². The minimum absolute atomic E-state index is 0. The number of nitrogens with one attached hydrogen (secondary N) is 2. The maximum atomic E-state index is 13.1. The van der Waals surface area contributed by atoms with Crippen LogP contribution in [0.1, 0.15) is 208 Å². The molecule has 2 unspecified atom stereocenters. The third kappa shape index (κ3) is 48.7. The fraction of sp³-hybridized carbons (Fsp3) is 0.917. The molecule has 0 aliphatic rings. The van der Waals surface area contributed by atoms with Gasteiger partial charge in [-0.3, -0.25) is 28.2 Å². The van der Waals surface area contributed by atoms with Crippen LogP contribution in [0.25, 0.3) is 0 Å². The predicted octanol–water partition coefficient (Wildman–Crippen LogP) is 11.5. The second-order valence-corrected chi connectivity index (χ2v) is 19.4. The maximum absolute atomic E-state index is 13.1. The molecule has 0 saturated carbocycles. The molecule has 0 amide bonds. The first-order valence-corrected chi connectivity index (χ1v) is 26.5. The van der Waals surface area contributed by atoms with E-state index in [2.05, 4.69) is 38.3 Å². The number of rotatable bonds is 46. The van der Waals surface area contributed by atoms with Gasteiger partial charge in [-0.1, -0.05) is 170 Å². The Bertz CT molecular complexity index is 1190. The molecule has 0 saturated heterocycles. The Morgan fingerprint density at radius 1 is 0.446 bits per heavy atom. The highest BCUT2D eigenvalue weighted by Crippen LogP contribution is 2.43. The minimum atomic E-state index is -4.83. The van der Waals surface area contributed by atoms with Gasteiger partial charge < -0.3 is 34.5 Å². The first-order valence-electron chi connectivity index (χ1n) is 25.0. The van der Waals surface area contributed by atoms with Gasteiger partial charge in [-0.05, 0) is 37.8 Å². The zero-order valence-corrected chi connectivity index (χ0v) is 44.1. The number of unbranched alkanes of at least 4 members (excludes halogenated alkanes) is 20. The summed E-state index contributed by atoms with van der Waals surface area (Å²) in [4.78, 5) is 61.2. The van der Waals surface area contributed by atoms with Crippen LogP contribution in [-0.4, -0.2) is 93.6 Å². The highest BCUT2D eigenvalue weighted by Gasteiger charge is 2.29. The zero-order chi connectivity index (χ0) is 46.8. The first kappa shape index (κ1) is 67.8. The highest BCUT2D eigenvalue weighted by molar-refractivity contribution is 7.47. The van der Waals surface area contributed by atoms with Crippen LogP contribution in [-0.2, 0) is 51.7 Å². The molecule has 0 aromatic rings. The molecule has 0 aliphatic heterocycles. The Kier molecular flexibility index (Phi) is 49.6. The fourth-order valence-corrected chi connectivity index (χ4v) is 7.44. The van der Waals surface area contributed by atoms with Gasteiger partial charge in [-0.2, -0.15) is 0 Å². The zero-order valence-electron chi connectivity index (χ0n) is 41.6. The molecule has 0 fully saturated rings. The molecular weight excluding hydrogens is 898 g/mol. The summed E-state index contributed by atoms with van der Waals surface area (Å²) in [5, 5.41) is 6.31. The molecule has 0 spiro atoms. The third-order valence-corrected chi connectivity index (χ3v) is 11.3. The fourth-order valence-electron chi connectivity index (χ4n) is 6.66. The van der Waals surface area contributed by atoms with E-state index in [-0.39, 0.29) is 57.1 Å². The molecular formula is C48H95Cl2N2O12P. The number of ether oxygens (including phenoxy) is 4. The molecule has 17 heteroatoms. The first-order chi connectivity index (χ1) is 30.3. The van der Waals surface area contributed by atoms with Crippen molar-refractivity contribution in [3.05, 3.63) is 0 Å². The van der Waals surface area contributed by atoms with Crippen LogP contribution in [0.2, 0.25) is 0 Å².